The lowest BCUT2D eigenvalue weighted by Gasteiger charge is -2.28. The van der Waals surface area contributed by atoms with Gasteiger partial charge in [0, 0.05) is 12.6 Å². The maximum absolute atomic E-state index is 11.9. The second-order valence-corrected chi connectivity index (χ2v) is 5.44. The smallest absolute Gasteiger partial charge is 0.323 e. The van der Waals surface area contributed by atoms with E-state index >= 15 is 0 Å². The minimum Gasteiger partial charge on any atom is -0.465 e. The summed E-state index contributed by atoms with van der Waals surface area (Å²) in [5.74, 6) is -0.0681. The molecule has 0 aromatic carbocycles. The quantitative estimate of drug-likeness (QED) is 0.700. The van der Waals surface area contributed by atoms with Crippen LogP contribution in [0.1, 0.15) is 45.4 Å². The fourth-order valence-electron chi connectivity index (χ4n) is 2.54. The van der Waals surface area contributed by atoms with Crippen molar-refractivity contribution in [3.05, 3.63) is 0 Å². The molecule has 0 spiro atoms. The Kier molecular flexibility index (Phi) is 5.45. The molecule has 18 heavy (non-hydrogen) atoms. The first kappa shape index (κ1) is 13.8. The van der Waals surface area contributed by atoms with Crippen molar-refractivity contribution in [2.45, 2.75) is 57.5 Å². The first-order valence-corrected chi connectivity index (χ1v) is 7.44. The van der Waals surface area contributed by atoms with Crippen LogP contribution >= 0.6 is 0 Å². The average molecular weight is 254 g/mol. The van der Waals surface area contributed by atoms with Crippen molar-refractivity contribution < 1.29 is 9.53 Å². The predicted molar refractivity (Wildman–Crippen MR) is 71.5 cm³/mol. The minimum absolute atomic E-state index is 0.0681. The van der Waals surface area contributed by atoms with E-state index in [1.54, 1.807) is 0 Å². The lowest BCUT2D eigenvalue weighted by molar-refractivity contribution is -0.146. The van der Waals surface area contributed by atoms with Crippen molar-refractivity contribution in [3.63, 3.8) is 0 Å². The Hall–Kier alpha value is -0.610. The monoisotopic (exact) mass is 254 g/mol. The Bertz CT molecular complexity index is 261. The largest absolute Gasteiger partial charge is 0.465 e. The van der Waals surface area contributed by atoms with Crippen LogP contribution in [0.15, 0.2) is 0 Å². The molecule has 1 atom stereocenters. The molecular formula is C14H26N2O2. The topological polar surface area (TPSA) is 41.6 Å². The summed E-state index contributed by atoms with van der Waals surface area (Å²) in [5.41, 5.74) is 0. The Morgan fingerprint density at radius 2 is 2.06 bits per heavy atom. The van der Waals surface area contributed by atoms with Gasteiger partial charge in [0.15, 0.2) is 0 Å². The third-order valence-electron chi connectivity index (χ3n) is 3.77. The lowest BCUT2D eigenvalue weighted by atomic mass is 10.1. The van der Waals surface area contributed by atoms with Gasteiger partial charge in [0.05, 0.1) is 6.61 Å². The van der Waals surface area contributed by atoms with Crippen LogP contribution in [0.25, 0.3) is 0 Å². The van der Waals surface area contributed by atoms with Gasteiger partial charge in [-0.2, -0.15) is 0 Å². The van der Waals surface area contributed by atoms with Crippen LogP contribution < -0.4 is 5.32 Å². The van der Waals surface area contributed by atoms with Gasteiger partial charge in [0.2, 0.25) is 0 Å². The van der Waals surface area contributed by atoms with Crippen molar-refractivity contribution in [2.24, 2.45) is 0 Å². The van der Waals surface area contributed by atoms with E-state index in [1.165, 1.54) is 45.2 Å². The number of piperidine rings is 1. The van der Waals surface area contributed by atoms with E-state index in [-0.39, 0.29) is 12.0 Å². The molecule has 0 aromatic rings. The highest BCUT2D eigenvalue weighted by Crippen LogP contribution is 2.20. The summed E-state index contributed by atoms with van der Waals surface area (Å²) in [7, 11) is 0. The zero-order valence-corrected chi connectivity index (χ0v) is 11.5. The number of likely N-dealkylation sites (tertiary alicyclic amines) is 1. The molecule has 1 aliphatic heterocycles. The van der Waals surface area contributed by atoms with E-state index in [9.17, 15) is 4.79 Å². The van der Waals surface area contributed by atoms with Gasteiger partial charge in [-0.15, -0.1) is 0 Å². The number of carbonyl (C=O) groups is 1. The molecule has 4 heteroatoms. The van der Waals surface area contributed by atoms with Gasteiger partial charge in [-0.1, -0.05) is 6.42 Å². The zero-order valence-electron chi connectivity index (χ0n) is 11.5. The summed E-state index contributed by atoms with van der Waals surface area (Å²) in [5, 5.41) is 3.41. The molecule has 0 amide bonds. The standard InChI is InChI=1S/C14H26N2O2/c1-2-18-14(17)13(15-12-6-7-12)8-11-16-9-4-3-5-10-16/h12-13,15H,2-11H2,1H3. The Balaban J connectivity index is 1.74. The SMILES string of the molecule is CCOC(=O)C(CCN1CCCCC1)NC1CC1. The third-order valence-corrected chi connectivity index (χ3v) is 3.77. The van der Waals surface area contributed by atoms with Crippen molar-refractivity contribution in [3.8, 4) is 0 Å². The predicted octanol–water partition coefficient (Wildman–Crippen LogP) is 1.55. The van der Waals surface area contributed by atoms with Crippen LogP contribution in [-0.4, -0.2) is 49.2 Å². The van der Waals surface area contributed by atoms with Crippen LogP contribution in [0.4, 0.5) is 0 Å². The number of nitrogens with one attached hydrogen (secondary N) is 1. The summed E-state index contributed by atoms with van der Waals surface area (Å²) in [4.78, 5) is 14.4. The molecular weight excluding hydrogens is 228 g/mol. The number of hydrogen-bond donors (Lipinski definition) is 1. The van der Waals surface area contributed by atoms with Gasteiger partial charge in [0.25, 0.3) is 0 Å². The molecule has 1 saturated heterocycles. The van der Waals surface area contributed by atoms with Crippen molar-refractivity contribution >= 4 is 5.97 Å². The first-order valence-electron chi connectivity index (χ1n) is 7.44. The number of ether oxygens (including phenoxy) is 1. The second-order valence-electron chi connectivity index (χ2n) is 5.44. The van der Waals surface area contributed by atoms with Crippen LogP contribution in [0, 0.1) is 0 Å². The molecule has 0 bridgehead atoms. The zero-order chi connectivity index (χ0) is 12.8. The summed E-state index contributed by atoms with van der Waals surface area (Å²) < 4.78 is 5.15. The fourth-order valence-corrected chi connectivity index (χ4v) is 2.54. The Morgan fingerprint density at radius 1 is 1.33 bits per heavy atom. The Labute approximate surface area is 110 Å². The van der Waals surface area contributed by atoms with E-state index in [0.29, 0.717) is 12.6 Å². The molecule has 1 heterocycles. The van der Waals surface area contributed by atoms with E-state index in [4.69, 9.17) is 4.74 Å². The number of rotatable bonds is 7. The highest BCUT2D eigenvalue weighted by atomic mass is 16.5. The molecule has 0 aromatic heterocycles. The summed E-state index contributed by atoms with van der Waals surface area (Å²) in [6.45, 7) is 5.75. The average Bonchev–Trinajstić information content (AvgIpc) is 3.20. The van der Waals surface area contributed by atoms with Gasteiger partial charge >= 0.3 is 5.97 Å². The number of carbonyl (C=O) groups excluding carboxylic acids is 1. The van der Waals surface area contributed by atoms with E-state index in [1.807, 2.05) is 6.92 Å². The summed E-state index contributed by atoms with van der Waals surface area (Å²) in [6, 6.07) is 0.458. The third kappa shape index (κ3) is 4.58. The van der Waals surface area contributed by atoms with E-state index in [0.717, 1.165) is 13.0 Å². The van der Waals surface area contributed by atoms with Gasteiger partial charge in [-0.3, -0.25) is 4.79 Å². The van der Waals surface area contributed by atoms with Crippen LogP contribution in [0.2, 0.25) is 0 Å². The van der Waals surface area contributed by atoms with Gasteiger partial charge in [-0.05, 0) is 52.1 Å². The highest BCUT2D eigenvalue weighted by Gasteiger charge is 2.29. The Morgan fingerprint density at radius 3 is 2.67 bits per heavy atom. The van der Waals surface area contributed by atoms with Gasteiger partial charge in [-0.25, -0.2) is 0 Å². The first-order chi connectivity index (χ1) is 8.79. The molecule has 2 aliphatic rings. The molecule has 104 valence electrons. The summed E-state index contributed by atoms with van der Waals surface area (Å²) >= 11 is 0. The molecule has 1 aliphatic carbocycles. The van der Waals surface area contributed by atoms with Gasteiger partial charge < -0.3 is 15.0 Å². The minimum atomic E-state index is -0.0978. The lowest BCUT2D eigenvalue weighted by Crippen LogP contribution is -2.42. The molecule has 0 radical (unpaired) electrons. The highest BCUT2D eigenvalue weighted by molar-refractivity contribution is 5.75. The van der Waals surface area contributed by atoms with Crippen molar-refractivity contribution in [1.29, 1.82) is 0 Å². The molecule has 2 fully saturated rings. The van der Waals surface area contributed by atoms with Crippen LogP contribution in [0.5, 0.6) is 0 Å². The number of hydrogen-bond acceptors (Lipinski definition) is 4. The van der Waals surface area contributed by atoms with E-state index in [2.05, 4.69) is 10.2 Å². The molecule has 1 saturated carbocycles. The number of nitrogens with zero attached hydrogens (tertiary/aromatic N) is 1. The maximum Gasteiger partial charge on any atom is 0.323 e. The van der Waals surface area contributed by atoms with Crippen LogP contribution in [0.3, 0.4) is 0 Å². The van der Waals surface area contributed by atoms with Crippen LogP contribution in [-0.2, 0) is 9.53 Å². The van der Waals surface area contributed by atoms with Crippen molar-refractivity contribution in [2.75, 3.05) is 26.2 Å². The van der Waals surface area contributed by atoms with E-state index < -0.39 is 0 Å². The molecule has 4 nitrogen and oxygen atoms in total. The molecule has 1 N–H and O–H groups in total. The van der Waals surface area contributed by atoms with Gasteiger partial charge in [0.1, 0.15) is 6.04 Å². The maximum atomic E-state index is 11.9. The normalized spacial score (nSPS) is 22.7. The summed E-state index contributed by atoms with van der Waals surface area (Å²) in [6.07, 6.45) is 7.27. The fraction of sp³-hybridized carbons (Fsp3) is 0.929. The number of esters is 1. The molecule has 2 rings (SSSR count). The second kappa shape index (κ2) is 7.10. The van der Waals surface area contributed by atoms with Crippen molar-refractivity contribution in [1.82, 2.24) is 10.2 Å². The molecule has 1 unspecified atom stereocenters.